The molecule has 0 unspecified atom stereocenters. The topological polar surface area (TPSA) is 81.3 Å². The molecule has 1 aromatic heterocycles. The standard InChI is InChI=1S/C19H21ClN4O3/c20-17-16(22-11-9-19(10-12-22)7-1-2-8-19)13-21-23(18(17)25)14-3-5-15(6-4-14)24(26)27/h3-6,13H,1-2,7-12H2. The van der Waals surface area contributed by atoms with Crippen molar-refractivity contribution in [3.63, 3.8) is 0 Å². The zero-order valence-electron chi connectivity index (χ0n) is 14.9. The van der Waals surface area contributed by atoms with Gasteiger partial charge in [0.05, 0.1) is 22.5 Å². The maximum absolute atomic E-state index is 12.7. The molecule has 1 spiro atoms. The second kappa shape index (κ2) is 6.96. The predicted octanol–water partition coefficient (Wildman–Crippen LogP) is 3.95. The zero-order chi connectivity index (χ0) is 19.0. The Bertz CT molecular complexity index is 910. The second-order valence-corrected chi connectivity index (χ2v) is 7.91. The Morgan fingerprint density at radius 1 is 1.07 bits per heavy atom. The van der Waals surface area contributed by atoms with E-state index in [1.54, 1.807) is 6.20 Å². The Labute approximate surface area is 161 Å². The number of nitrogens with zero attached hydrogens (tertiary/aromatic N) is 4. The maximum atomic E-state index is 12.7. The van der Waals surface area contributed by atoms with Crippen LogP contribution < -0.4 is 10.5 Å². The first-order valence-electron chi connectivity index (χ1n) is 9.27. The van der Waals surface area contributed by atoms with E-state index in [0.717, 1.165) is 25.9 Å². The normalized spacial score (nSPS) is 18.8. The molecule has 0 amide bonds. The molecule has 4 rings (SSSR count). The third kappa shape index (κ3) is 3.32. The van der Waals surface area contributed by atoms with Gasteiger partial charge in [-0.25, -0.2) is 0 Å². The molecule has 2 heterocycles. The van der Waals surface area contributed by atoms with E-state index in [4.69, 9.17) is 11.6 Å². The number of hydrogen-bond acceptors (Lipinski definition) is 5. The quantitative estimate of drug-likeness (QED) is 0.587. The van der Waals surface area contributed by atoms with Crippen LogP contribution in [0.25, 0.3) is 5.69 Å². The molecular formula is C19H21ClN4O3. The van der Waals surface area contributed by atoms with Crippen molar-refractivity contribution < 1.29 is 4.92 Å². The van der Waals surface area contributed by atoms with Gasteiger partial charge in [0.1, 0.15) is 5.02 Å². The van der Waals surface area contributed by atoms with E-state index in [9.17, 15) is 14.9 Å². The highest BCUT2D eigenvalue weighted by molar-refractivity contribution is 6.33. The summed E-state index contributed by atoms with van der Waals surface area (Å²) in [6.07, 6.45) is 9.17. The van der Waals surface area contributed by atoms with Crippen molar-refractivity contribution in [1.29, 1.82) is 0 Å². The summed E-state index contributed by atoms with van der Waals surface area (Å²) in [5.41, 5.74) is 1.16. The predicted molar refractivity (Wildman–Crippen MR) is 104 cm³/mol. The number of nitro groups is 1. The van der Waals surface area contributed by atoms with Crippen molar-refractivity contribution in [2.45, 2.75) is 38.5 Å². The summed E-state index contributed by atoms with van der Waals surface area (Å²) < 4.78 is 1.18. The Morgan fingerprint density at radius 2 is 1.70 bits per heavy atom. The molecule has 0 bridgehead atoms. The van der Waals surface area contributed by atoms with Crippen molar-refractivity contribution in [3.05, 3.63) is 56.0 Å². The Kier molecular flexibility index (Phi) is 4.63. The van der Waals surface area contributed by atoms with Crippen LogP contribution in [0.3, 0.4) is 0 Å². The summed E-state index contributed by atoms with van der Waals surface area (Å²) in [5.74, 6) is 0. The first-order valence-corrected chi connectivity index (χ1v) is 9.65. The number of piperidine rings is 1. The zero-order valence-corrected chi connectivity index (χ0v) is 15.7. The van der Waals surface area contributed by atoms with E-state index in [-0.39, 0.29) is 10.7 Å². The molecule has 1 aliphatic carbocycles. The summed E-state index contributed by atoms with van der Waals surface area (Å²) in [5, 5.41) is 15.2. The largest absolute Gasteiger partial charge is 0.369 e. The van der Waals surface area contributed by atoms with Gasteiger partial charge in [-0.05, 0) is 43.2 Å². The Hall–Kier alpha value is -2.41. The van der Waals surface area contributed by atoms with Gasteiger partial charge in [0.25, 0.3) is 11.2 Å². The lowest BCUT2D eigenvalue weighted by atomic mass is 9.77. The average molecular weight is 389 g/mol. The van der Waals surface area contributed by atoms with E-state index in [0.29, 0.717) is 16.8 Å². The van der Waals surface area contributed by atoms with Crippen molar-refractivity contribution in [2.24, 2.45) is 5.41 Å². The fraction of sp³-hybridized carbons (Fsp3) is 0.474. The van der Waals surface area contributed by atoms with Crippen LogP contribution in [0.15, 0.2) is 35.3 Å². The van der Waals surface area contributed by atoms with Crippen molar-refractivity contribution in [2.75, 3.05) is 18.0 Å². The molecule has 0 N–H and O–H groups in total. The molecule has 0 atom stereocenters. The number of benzene rings is 1. The smallest absolute Gasteiger partial charge is 0.292 e. The van der Waals surface area contributed by atoms with Crippen LogP contribution in [-0.2, 0) is 0 Å². The van der Waals surface area contributed by atoms with Gasteiger partial charge in [-0.1, -0.05) is 24.4 Å². The van der Waals surface area contributed by atoms with Gasteiger partial charge in [0, 0.05) is 25.2 Å². The molecule has 142 valence electrons. The van der Waals surface area contributed by atoms with Gasteiger partial charge in [0.2, 0.25) is 0 Å². The fourth-order valence-corrected chi connectivity index (χ4v) is 4.64. The van der Waals surface area contributed by atoms with E-state index in [1.807, 2.05) is 0 Å². The van der Waals surface area contributed by atoms with Gasteiger partial charge in [0.15, 0.2) is 0 Å². The van der Waals surface area contributed by atoms with Crippen LogP contribution in [0.1, 0.15) is 38.5 Å². The highest BCUT2D eigenvalue weighted by atomic mass is 35.5. The van der Waals surface area contributed by atoms with E-state index in [1.165, 1.54) is 54.6 Å². The van der Waals surface area contributed by atoms with E-state index in [2.05, 4.69) is 10.00 Å². The fourth-order valence-electron chi connectivity index (χ4n) is 4.39. The van der Waals surface area contributed by atoms with Crippen LogP contribution >= 0.6 is 11.6 Å². The maximum Gasteiger partial charge on any atom is 0.292 e. The number of aromatic nitrogens is 2. The van der Waals surface area contributed by atoms with E-state index >= 15 is 0 Å². The van der Waals surface area contributed by atoms with Gasteiger partial charge in [-0.2, -0.15) is 9.78 Å². The van der Waals surface area contributed by atoms with Crippen LogP contribution in [0, 0.1) is 15.5 Å². The van der Waals surface area contributed by atoms with Crippen molar-refractivity contribution >= 4 is 23.0 Å². The summed E-state index contributed by atoms with van der Waals surface area (Å²) >= 11 is 6.39. The Morgan fingerprint density at radius 3 is 2.30 bits per heavy atom. The number of non-ortho nitro benzene ring substituents is 1. The number of hydrogen-bond donors (Lipinski definition) is 0. The molecule has 1 aromatic carbocycles. The molecule has 1 saturated carbocycles. The average Bonchev–Trinajstić information content (AvgIpc) is 3.13. The summed E-state index contributed by atoms with van der Waals surface area (Å²) in [4.78, 5) is 25.2. The monoisotopic (exact) mass is 388 g/mol. The number of rotatable bonds is 3. The summed E-state index contributed by atoms with van der Waals surface area (Å²) in [7, 11) is 0. The number of halogens is 1. The molecule has 1 saturated heterocycles. The highest BCUT2D eigenvalue weighted by Crippen LogP contribution is 2.46. The molecule has 8 heteroatoms. The first-order chi connectivity index (χ1) is 13.0. The molecule has 2 aromatic rings. The van der Waals surface area contributed by atoms with Gasteiger partial charge >= 0.3 is 0 Å². The third-order valence-electron chi connectivity index (χ3n) is 6.03. The molecular weight excluding hydrogens is 368 g/mol. The summed E-state index contributed by atoms with van der Waals surface area (Å²) in [6.45, 7) is 1.78. The number of anilines is 1. The van der Waals surface area contributed by atoms with Crippen LogP contribution in [0.2, 0.25) is 5.02 Å². The third-order valence-corrected chi connectivity index (χ3v) is 6.39. The van der Waals surface area contributed by atoms with E-state index < -0.39 is 10.5 Å². The minimum Gasteiger partial charge on any atom is -0.369 e. The lowest BCUT2D eigenvalue weighted by Gasteiger charge is -2.40. The second-order valence-electron chi connectivity index (χ2n) is 7.53. The lowest BCUT2D eigenvalue weighted by molar-refractivity contribution is -0.384. The lowest BCUT2D eigenvalue weighted by Crippen LogP contribution is -2.40. The first kappa shape index (κ1) is 18.0. The van der Waals surface area contributed by atoms with Crippen molar-refractivity contribution in [3.8, 4) is 5.69 Å². The van der Waals surface area contributed by atoms with Gasteiger partial charge < -0.3 is 4.90 Å². The minimum absolute atomic E-state index is 0.0383. The molecule has 0 radical (unpaired) electrons. The molecule has 2 fully saturated rings. The molecule has 7 nitrogen and oxygen atoms in total. The molecule has 1 aliphatic heterocycles. The van der Waals surface area contributed by atoms with Gasteiger partial charge in [-0.15, -0.1) is 0 Å². The summed E-state index contributed by atoms with van der Waals surface area (Å²) in [6, 6.07) is 5.68. The molecule has 27 heavy (non-hydrogen) atoms. The molecule has 2 aliphatic rings. The van der Waals surface area contributed by atoms with Crippen LogP contribution in [0.4, 0.5) is 11.4 Å². The van der Waals surface area contributed by atoms with Crippen molar-refractivity contribution in [1.82, 2.24) is 9.78 Å². The van der Waals surface area contributed by atoms with Gasteiger partial charge in [-0.3, -0.25) is 14.9 Å². The minimum atomic E-state index is -0.483. The Balaban J connectivity index is 1.57. The number of nitro benzene ring substituents is 1. The SMILES string of the molecule is O=c1c(Cl)c(N2CCC3(CCCC3)CC2)cnn1-c1ccc([N+](=O)[O-])cc1. The highest BCUT2D eigenvalue weighted by Gasteiger charge is 2.37. The van der Waals surface area contributed by atoms with Crippen LogP contribution in [-0.4, -0.2) is 27.8 Å². The van der Waals surface area contributed by atoms with Crippen LogP contribution in [0.5, 0.6) is 0 Å².